The van der Waals surface area contributed by atoms with E-state index in [2.05, 4.69) is 5.32 Å². The molecule has 0 saturated carbocycles. The first-order chi connectivity index (χ1) is 13.8. The SMILES string of the molecule is CCOC(=O)C1(C(F)(F)F)NC(c2ccccc2)=CC=C1C(=O)c1ccccc1. The van der Waals surface area contributed by atoms with Gasteiger partial charge in [0.05, 0.1) is 6.61 Å². The number of nitrogens with one attached hydrogen (secondary N) is 1. The van der Waals surface area contributed by atoms with E-state index in [1.54, 1.807) is 36.4 Å². The molecule has 0 spiro atoms. The lowest BCUT2D eigenvalue weighted by atomic mass is 9.80. The number of carbonyl (C=O) groups excluding carboxylic acids is 2. The zero-order chi connectivity index (χ0) is 21.1. The van der Waals surface area contributed by atoms with Crippen LogP contribution in [0.5, 0.6) is 0 Å². The van der Waals surface area contributed by atoms with Gasteiger partial charge in [0.1, 0.15) is 0 Å². The van der Waals surface area contributed by atoms with Gasteiger partial charge in [0.25, 0.3) is 5.54 Å². The predicted molar refractivity (Wildman–Crippen MR) is 102 cm³/mol. The number of esters is 1. The van der Waals surface area contributed by atoms with Crippen molar-refractivity contribution in [1.29, 1.82) is 0 Å². The quantitative estimate of drug-likeness (QED) is 0.600. The highest BCUT2D eigenvalue weighted by molar-refractivity contribution is 6.15. The maximum atomic E-state index is 14.4. The summed E-state index contributed by atoms with van der Waals surface area (Å²) in [5, 5.41) is 2.28. The molecule has 2 aromatic carbocycles. The van der Waals surface area contributed by atoms with E-state index < -0.39 is 29.0 Å². The normalized spacial score (nSPS) is 18.9. The molecule has 1 unspecified atom stereocenters. The first kappa shape index (κ1) is 20.4. The molecular weight excluding hydrogens is 383 g/mol. The highest BCUT2D eigenvalue weighted by Gasteiger charge is 2.66. The van der Waals surface area contributed by atoms with E-state index in [9.17, 15) is 22.8 Å². The van der Waals surface area contributed by atoms with E-state index in [0.29, 0.717) is 5.56 Å². The monoisotopic (exact) mass is 401 g/mol. The Bertz CT molecular complexity index is 966. The third-order valence-corrected chi connectivity index (χ3v) is 4.52. The predicted octanol–water partition coefficient (Wildman–Crippen LogP) is 4.30. The highest BCUT2D eigenvalue weighted by atomic mass is 19.4. The van der Waals surface area contributed by atoms with Crippen molar-refractivity contribution in [3.63, 3.8) is 0 Å². The van der Waals surface area contributed by atoms with Crippen LogP contribution in [0.1, 0.15) is 22.8 Å². The summed E-state index contributed by atoms with van der Waals surface area (Å²) in [5.74, 6) is -2.49. The minimum absolute atomic E-state index is 0.0371. The zero-order valence-corrected chi connectivity index (χ0v) is 15.5. The van der Waals surface area contributed by atoms with Gasteiger partial charge < -0.3 is 10.1 Å². The second-order valence-electron chi connectivity index (χ2n) is 6.32. The molecule has 150 valence electrons. The van der Waals surface area contributed by atoms with Crippen LogP contribution in [0.2, 0.25) is 0 Å². The maximum absolute atomic E-state index is 14.4. The molecule has 0 saturated heterocycles. The Balaban J connectivity index is 2.21. The van der Waals surface area contributed by atoms with Gasteiger partial charge in [0.15, 0.2) is 5.78 Å². The van der Waals surface area contributed by atoms with Crippen molar-refractivity contribution in [2.75, 3.05) is 6.61 Å². The van der Waals surface area contributed by atoms with E-state index >= 15 is 0 Å². The van der Waals surface area contributed by atoms with Crippen molar-refractivity contribution >= 4 is 17.4 Å². The third-order valence-electron chi connectivity index (χ3n) is 4.52. The minimum Gasteiger partial charge on any atom is -0.464 e. The van der Waals surface area contributed by atoms with Gasteiger partial charge in [-0.3, -0.25) is 4.79 Å². The second-order valence-corrected chi connectivity index (χ2v) is 6.32. The minimum atomic E-state index is -5.14. The van der Waals surface area contributed by atoms with E-state index in [1.807, 2.05) is 0 Å². The average Bonchev–Trinajstić information content (AvgIpc) is 2.73. The number of rotatable bonds is 5. The van der Waals surface area contributed by atoms with E-state index in [1.165, 1.54) is 37.3 Å². The van der Waals surface area contributed by atoms with Crippen LogP contribution in [0, 0.1) is 0 Å². The number of ether oxygens (including phenoxy) is 1. The summed E-state index contributed by atoms with van der Waals surface area (Å²) in [6.45, 7) is 1.14. The summed E-state index contributed by atoms with van der Waals surface area (Å²) in [5.41, 5.74) is -3.53. The van der Waals surface area contributed by atoms with Crippen LogP contribution >= 0.6 is 0 Å². The van der Waals surface area contributed by atoms with E-state index in [-0.39, 0.29) is 17.9 Å². The van der Waals surface area contributed by atoms with Gasteiger partial charge in [-0.2, -0.15) is 13.2 Å². The molecule has 0 aliphatic carbocycles. The van der Waals surface area contributed by atoms with Crippen LogP contribution in [-0.2, 0) is 9.53 Å². The molecule has 29 heavy (non-hydrogen) atoms. The zero-order valence-electron chi connectivity index (χ0n) is 15.5. The van der Waals surface area contributed by atoms with Crippen molar-refractivity contribution in [3.05, 3.63) is 89.5 Å². The average molecular weight is 401 g/mol. The first-order valence-electron chi connectivity index (χ1n) is 8.91. The summed E-state index contributed by atoms with van der Waals surface area (Å²) in [6, 6.07) is 15.7. The lowest BCUT2D eigenvalue weighted by molar-refractivity contribution is -0.201. The van der Waals surface area contributed by atoms with Crippen LogP contribution in [-0.4, -0.2) is 30.1 Å². The molecule has 3 rings (SSSR count). The van der Waals surface area contributed by atoms with Crippen molar-refractivity contribution in [2.24, 2.45) is 0 Å². The maximum Gasteiger partial charge on any atom is 0.426 e. The number of Topliss-reactive ketones (excluding diaryl/α,β-unsaturated/α-hetero) is 1. The molecule has 7 heteroatoms. The van der Waals surface area contributed by atoms with Crippen LogP contribution in [0.15, 0.2) is 78.4 Å². The van der Waals surface area contributed by atoms with Crippen LogP contribution in [0.4, 0.5) is 13.2 Å². The number of dihydropyridines is 1. The number of benzene rings is 2. The van der Waals surface area contributed by atoms with Crippen LogP contribution in [0.25, 0.3) is 5.70 Å². The molecule has 1 aliphatic heterocycles. The van der Waals surface area contributed by atoms with E-state index in [0.717, 1.165) is 6.08 Å². The number of allylic oxidation sites excluding steroid dienone is 2. The standard InChI is InChI=1S/C22H18F3NO3/c1-2-29-20(28)21(22(23,24)25)17(19(27)16-11-7-4-8-12-16)13-14-18(26-21)15-9-5-3-6-10-15/h3-14,26H,2H2,1H3. The Morgan fingerprint density at radius 3 is 2.10 bits per heavy atom. The summed E-state index contributed by atoms with van der Waals surface area (Å²) in [7, 11) is 0. The molecule has 4 nitrogen and oxygen atoms in total. The lowest BCUT2D eigenvalue weighted by Gasteiger charge is -2.39. The topological polar surface area (TPSA) is 55.4 Å². The van der Waals surface area contributed by atoms with Gasteiger partial charge in [0, 0.05) is 16.8 Å². The smallest absolute Gasteiger partial charge is 0.426 e. The van der Waals surface area contributed by atoms with Gasteiger partial charge in [0.2, 0.25) is 0 Å². The number of halogens is 3. The molecule has 0 bridgehead atoms. The molecule has 2 aromatic rings. The lowest BCUT2D eigenvalue weighted by Crippen LogP contribution is -2.65. The summed E-state index contributed by atoms with van der Waals surface area (Å²) in [6.07, 6.45) is -2.74. The molecule has 0 amide bonds. The van der Waals surface area contributed by atoms with E-state index in [4.69, 9.17) is 4.74 Å². The Morgan fingerprint density at radius 1 is 0.966 bits per heavy atom. The molecule has 0 radical (unpaired) electrons. The first-order valence-corrected chi connectivity index (χ1v) is 8.91. The Kier molecular flexibility index (Phi) is 5.59. The molecule has 0 aromatic heterocycles. The number of hydrogen-bond acceptors (Lipinski definition) is 4. The molecule has 1 heterocycles. The summed E-state index contributed by atoms with van der Waals surface area (Å²) in [4.78, 5) is 25.6. The number of ketones is 1. The van der Waals surface area contributed by atoms with Crippen molar-refractivity contribution in [2.45, 2.75) is 18.6 Å². The van der Waals surface area contributed by atoms with Crippen LogP contribution in [0.3, 0.4) is 0 Å². The van der Waals surface area contributed by atoms with Gasteiger partial charge >= 0.3 is 12.1 Å². The highest BCUT2D eigenvalue weighted by Crippen LogP contribution is 2.42. The van der Waals surface area contributed by atoms with Gasteiger partial charge in [-0.1, -0.05) is 60.7 Å². The molecule has 1 N–H and O–H groups in total. The fraction of sp³-hybridized carbons (Fsp3) is 0.182. The molecule has 1 aliphatic rings. The number of alkyl halides is 3. The van der Waals surface area contributed by atoms with Gasteiger partial charge in [-0.25, -0.2) is 4.79 Å². The van der Waals surface area contributed by atoms with Crippen molar-refractivity contribution in [1.82, 2.24) is 5.32 Å². The molecule has 0 fully saturated rings. The largest absolute Gasteiger partial charge is 0.464 e. The Morgan fingerprint density at radius 2 is 1.55 bits per heavy atom. The van der Waals surface area contributed by atoms with Gasteiger partial charge in [-0.15, -0.1) is 0 Å². The number of hydrogen-bond donors (Lipinski definition) is 1. The summed E-state index contributed by atoms with van der Waals surface area (Å²) < 4.78 is 48.0. The second kappa shape index (κ2) is 7.95. The third kappa shape index (κ3) is 3.68. The fourth-order valence-electron chi connectivity index (χ4n) is 3.12. The Hall–Kier alpha value is -3.35. The number of carbonyl (C=O) groups is 2. The molecule has 1 atom stereocenters. The molecular formula is C22H18F3NO3. The Labute approximate surface area is 165 Å². The fourth-order valence-corrected chi connectivity index (χ4v) is 3.12. The summed E-state index contributed by atoms with van der Waals surface area (Å²) >= 11 is 0. The van der Waals surface area contributed by atoms with Crippen molar-refractivity contribution in [3.8, 4) is 0 Å². The van der Waals surface area contributed by atoms with Crippen molar-refractivity contribution < 1.29 is 27.5 Å². The van der Waals surface area contributed by atoms with Gasteiger partial charge in [-0.05, 0) is 24.6 Å². The van der Waals surface area contributed by atoms with Crippen LogP contribution < -0.4 is 5.32 Å².